The third-order valence-corrected chi connectivity index (χ3v) is 5.12. The zero-order chi connectivity index (χ0) is 15.5. The highest BCUT2D eigenvalue weighted by Gasteiger charge is 2.12. The summed E-state index contributed by atoms with van der Waals surface area (Å²) in [6.07, 6.45) is 1.61. The lowest BCUT2D eigenvalue weighted by atomic mass is 10.1. The van der Waals surface area contributed by atoms with Crippen LogP contribution in [0, 0.1) is 0 Å². The largest absolute Gasteiger partial charge is 0.389 e. The van der Waals surface area contributed by atoms with E-state index in [1.54, 1.807) is 13.1 Å². The van der Waals surface area contributed by atoms with E-state index in [4.69, 9.17) is 18.0 Å². The van der Waals surface area contributed by atoms with Crippen molar-refractivity contribution >= 4 is 43.6 Å². The minimum atomic E-state index is -3.02. The number of nitrogens with one attached hydrogen (secondary N) is 1. The van der Waals surface area contributed by atoms with Crippen molar-refractivity contribution in [3.8, 4) is 0 Å². The van der Waals surface area contributed by atoms with Gasteiger partial charge in [-0.1, -0.05) is 37.3 Å². The molecule has 5 nitrogen and oxygen atoms in total. The fraction of sp³-hybridized carbons (Fsp3) is 0.286. The molecule has 0 unspecified atom stereocenters. The van der Waals surface area contributed by atoms with Crippen molar-refractivity contribution in [2.45, 2.75) is 6.92 Å². The van der Waals surface area contributed by atoms with E-state index in [0.717, 1.165) is 16.6 Å². The van der Waals surface area contributed by atoms with E-state index in [-0.39, 0.29) is 16.5 Å². The molecule has 112 valence electrons. The molecule has 0 amide bonds. The first kappa shape index (κ1) is 15.7. The second kappa shape index (κ2) is 6.36. The van der Waals surface area contributed by atoms with E-state index in [0.29, 0.717) is 12.1 Å². The fourth-order valence-corrected chi connectivity index (χ4v) is 2.85. The molecule has 2 rings (SSSR count). The number of hydrogen-bond acceptors (Lipinski definition) is 5. The zero-order valence-electron chi connectivity index (χ0n) is 11.7. The highest BCUT2D eigenvalue weighted by atomic mass is 32.2. The highest BCUT2D eigenvalue weighted by Crippen LogP contribution is 2.25. The second-order valence-corrected chi connectivity index (χ2v) is 7.50. The lowest BCUT2D eigenvalue weighted by Crippen LogP contribution is -2.20. The molecule has 3 N–H and O–H groups in total. The van der Waals surface area contributed by atoms with Gasteiger partial charge in [0.1, 0.15) is 4.99 Å². The summed E-state index contributed by atoms with van der Waals surface area (Å²) >= 11 is 5.04. The number of nitrogens with two attached hydrogens (primary N) is 1. The van der Waals surface area contributed by atoms with Gasteiger partial charge in [0.25, 0.3) is 0 Å². The molecule has 0 bridgehead atoms. The maximum atomic E-state index is 11.6. The lowest BCUT2D eigenvalue weighted by Gasteiger charge is -2.13. The maximum Gasteiger partial charge on any atom is 0.151 e. The summed E-state index contributed by atoms with van der Waals surface area (Å²) in [4.78, 5) is 4.54. The Bertz CT molecular complexity index is 773. The molecule has 0 fully saturated rings. The standard InChI is InChI=1S/C14H17N3O2S2/c1-2-21(18,19)8-7-16-13-10-5-3-4-6-12(10)17-9-11(13)14(15)20/h3-6,9H,2,7-8H2,1H3,(H2,15,20)(H,16,17). The van der Waals surface area contributed by atoms with Crippen LogP contribution < -0.4 is 11.1 Å². The number of benzene rings is 1. The molecule has 2 aromatic rings. The van der Waals surface area contributed by atoms with Gasteiger partial charge in [0, 0.05) is 23.9 Å². The first-order valence-electron chi connectivity index (χ1n) is 6.56. The average molecular weight is 323 g/mol. The van der Waals surface area contributed by atoms with Gasteiger partial charge in [-0.3, -0.25) is 4.98 Å². The molecule has 1 aromatic heterocycles. The first-order chi connectivity index (χ1) is 9.94. The summed E-state index contributed by atoms with van der Waals surface area (Å²) < 4.78 is 23.1. The maximum absolute atomic E-state index is 11.6. The minimum Gasteiger partial charge on any atom is -0.389 e. The molecular formula is C14H17N3O2S2. The molecule has 0 radical (unpaired) electrons. The van der Waals surface area contributed by atoms with Crippen LogP contribution in [-0.4, -0.2) is 36.4 Å². The molecule has 0 spiro atoms. The molecule has 1 heterocycles. The predicted molar refractivity (Wildman–Crippen MR) is 90.4 cm³/mol. The Kier molecular flexibility index (Phi) is 4.74. The molecule has 0 saturated carbocycles. The topological polar surface area (TPSA) is 85.1 Å². The van der Waals surface area contributed by atoms with Crippen LogP contribution in [0.3, 0.4) is 0 Å². The highest BCUT2D eigenvalue weighted by molar-refractivity contribution is 7.91. The van der Waals surface area contributed by atoms with Crippen molar-refractivity contribution in [2.24, 2.45) is 5.73 Å². The van der Waals surface area contributed by atoms with Crippen molar-refractivity contribution in [1.29, 1.82) is 0 Å². The predicted octanol–water partition coefficient (Wildman–Crippen LogP) is 1.72. The van der Waals surface area contributed by atoms with Crippen molar-refractivity contribution in [3.63, 3.8) is 0 Å². The van der Waals surface area contributed by atoms with E-state index in [1.165, 1.54) is 0 Å². The van der Waals surface area contributed by atoms with Gasteiger partial charge in [0.05, 0.1) is 22.5 Å². The molecule has 1 aromatic carbocycles. The van der Waals surface area contributed by atoms with Crippen molar-refractivity contribution in [2.75, 3.05) is 23.4 Å². The van der Waals surface area contributed by atoms with Gasteiger partial charge in [0.2, 0.25) is 0 Å². The third kappa shape index (κ3) is 3.68. The van der Waals surface area contributed by atoms with Gasteiger partial charge in [-0.05, 0) is 6.07 Å². The lowest BCUT2D eigenvalue weighted by molar-refractivity contribution is 0.597. The molecule has 0 aliphatic rings. The number of fused-ring (bicyclic) bond motifs is 1. The Labute approximate surface area is 129 Å². The molecule has 21 heavy (non-hydrogen) atoms. The van der Waals surface area contributed by atoms with Crippen LogP contribution in [0.2, 0.25) is 0 Å². The van der Waals surface area contributed by atoms with E-state index in [2.05, 4.69) is 10.3 Å². The number of sulfone groups is 1. The molecule has 0 saturated heterocycles. The number of anilines is 1. The van der Waals surface area contributed by atoms with E-state index in [1.807, 2.05) is 24.3 Å². The molecule has 0 aliphatic heterocycles. The molecular weight excluding hydrogens is 306 g/mol. The number of para-hydroxylation sites is 1. The van der Waals surface area contributed by atoms with Gasteiger partial charge in [-0.2, -0.15) is 0 Å². The SMILES string of the molecule is CCS(=O)(=O)CCNc1c(C(N)=S)cnc2ccccc12. The third-order valence-electron chi connectivity index (χ3n) is 3.20. The van der Waals surface area contributed by atoms with Crippen LogP contribution in [0.5, 0.6) is 0 Å². The van der Waals surface area contributed by atoms with Crippen LogP contribution in [0.1, 0.15) is 12.5 Å². The molecule has 0 atom stereocenters. The summed E-state index contributed by atoms with van der Waals surface area (Å²) in [7, 11) is -3.02. The van der Waals surface area contributed by atoms with Gasteiger partial charge in [-0.25, -0.2) is 8.42 Å². The van der Waals surface area contributed by atoms with Gasteiger partial charge < -0.3 is 11.1 Å². The van der Waals surface area contributed by atoms with Crippen molar-refractivity contribution < 1.29 is 8.42 Å². The van der Waals surface area contributed by atoms with E-state index >= 15 is 0 Å². The molecule has 0 aliphatic carbocycles. The van der Waals surface area contributed by atoms with E-state index in [9.17, 15) is 8.42 Å². The van der Waals surface area contributed by atoms with Crippen molar-refractivity contribution in [3.05, 3.63) is 36.0 Å². The summed E-state index contributed by atoms with van der Waals surface area (Å²) in [5, 5.41) is 4.01. The summed E-state index contributed by atoms with van der Waals surface area (Å²) in [5.74, 6) is 0.199. The van der Waals surface area contributed by atoms with E-state index < -0.39 is 9.84 Å². The Morgan fingerprint density at radius 1 is 1.38 bits per heavy atom. The van der Waals surface area contributed by atoms with Gasteiger partial charge >= 0.3 is 0 Å². The van der Waals surface area contributed by atoms with Crippen LogP contribution in [-0.2, 0) is 9.84 Å². The number of nitrogens with zero attached hydrogens (tertiary/aromatic N) is 1. The Balaban J connectivity index is 2.36. The van der Waals surface area contributed by atoms with Crippen molar-refractivity contribution in [1.82, 2.24) is 4.98 Å². The fourth-order valence-electron chi connectivity index (χ4n) is 1.99. The van der Waals surface area contributed by atoms with Crippen LogP contribution in [0.25, 0.3) is 10.9 Å². The van der Waals surface area contributed by atoms with Crippen LogP contribution in [0.15, 0.2) is 30.5 Å². The quantitative estimate of drug-likeness (QED) is 0.787. The number of pyridine rings is 1. The first-order valence-corrected chi connectivity index (χ1v) is 8.79. The van der Waals surface area contributed by atoms with Gasteiger partial charge in [0.15, 0.2) is 9.84 Å². The Morgan fingerprint density at radius 3 is 2.76 bits per heavy atom. The summed E-state index contributed by atoms with van der Waals surface area (Å²) in [6.45, 7) is 1.94. The summed E-state index contributed by atoms with van der Waals surface area (Å²) in [6, 6.07) is 7.57. The minimum absolute atomic E-state index is 0.0664. The normalized spacial score (nSPS) is 11.5. The number of aromatic nitrogens is 1. The monoisotopic (exact) mass is 323 g/mol. The van der Waals surface area contributed by atoms with Crippen LogP contribution >= 0.6 is 12.2 Å². The smallest absolute Gasteiger partial charge is 0.151 e. The Hall–Kier alpha value is -1.73. The number of thiocarbonyl (C=S) groups is 1. The average Bonchev–Trinajstić information content (AvgIpc) is 2.47. The number of hydrogen-bond donors (Lipinski definition) is 2. The number of rotatable bonds is 6. The molecule has 7 heteroatoms. The summed E-state index contributed by atoms with van der Waals surface area (Å²) in [5.41, 5.74) is 7.88. The van der Waals surface area contributed by atoms with Gasteiger partial charge in [-0.15, -0.1) is 0 Å². The zero-order valence-corrected chi connectivity index (χ0v) is 13.3. The van der Waals surface area contributed by atoms with Crippen LogP contribution in [0.4, 0.5) is 5.69 Å². The second-order valence-electron chi connectivity index (χ2n) is 4.59. The Morgan fingerprint density at radius 2 is 2.10 bits per heavy atom.